The SMILES string of the molecule is O=S(=O)(NC(Cl)Cl)c1ccccc1. The Morgan fingerprint density at radius 2 is 1.69 bits per heavy atom. The maximum atomic E-state index is 11.4. The number of hydrogen-bond donors (Lipinski definition) is 1. The molecule has 1 N–H and O–H groups in total. The molecule has 3 nitrogen and oxygen atoms in total. The van der Waals surface area contributed by atoms with Gasteiger partial charge in [0.15, 0.2) is 4.96 Å². The molecule has 1 rings (SSSR count). The highest BCUT2D eigenvalue weighted by Crippen LogP contribution is 2.10. The lowest BCUT2D eigenvalue weighted by molar-refractivity contribution is 0.585. The van der Waals surface area contributed by atoms with Crippen molar-refractivity contribution >= 4 is 33.2 Å². The van der Waals surface area contributed by atoms with E-state index in [9.17, 15) is 8.42 Å². The van der Waals surface area contributed by atoms with E-state index < -0.39 is 15.0 Å². The van der Waals surface area contributed by atoms with Crippen LogP contribution in [0, 0.1) is 0 Å². The summed E-state index contributed by atoms with van der Waals surface area (Å²) in [4.78, 5) is -0.994. The first-order chi connectivity index (χ1) is 6.02. The first-order valence-corrected chi connectivity index (χ1v) is 5.73. The molecular weight excluding hydrogens is 233 g/mol. The number of benzene rings is 1. The fraction of sp³-hybridized carbons (Fsp3) is 0.143. The normalized spacial score (nSPS) is 11.9. The summed E-state index contributed by atoms with van der Waals surface area (Å²) in [5, 5.41) is 0. The highest BCUT2D eigenvalue weighted by atomic mass is 35.5. The smallest absolute Gasteiger partial charge is 0.207 e. The van der Waals surface area contributed by atoms with E-state index in [1.165, 1.54) is 12.1 Å². The van der Waals surface area contributed by atoms with Crippen molar-refractivity contribution < 1.29 is 8.42 Å². The van der Waals surface area contributed by atoms with E-state index in [2.05, 4.69) is 0 Å². The van der Waals surface area contributed by atoms with Crippen LogP contribution >= 0.6 is 23.2 Å². The summed E-state index contributed by atoms with van der Waals surface area (Å²) in [5.41, 5.74) is 0. The molecule has 0 atom stereocenters. The monoisotopic (exact) mass is 239 g/mol. The fourth-order valence-corrected chi connectivity index (χ4v) is 2.37. The Labute approximate surface area is 86.7 Å². The van der Waals surface area contributed by atoms with E-state index >= 15 is 0 Å². The van der Waals surface area contributed by atoms with Gasteiger partial charge in [-0.1, -0.05) is 41.4 Å². The van der Waals surface area contributed by atoms with Gasteiger partial charge in [0.2, 0.25) is 10.0 Å². The van der Waals surface area contributed by atoms with Gasteiger partial charge in [-0.15, -0.1) is 0 Å². The van der Waals surface area contributed by atoms with E-state index in [1.54, 1.807) is 18.2 Å². The molecule has 72 valence electrons. The minimum atomic E-state index is -3.57. The van der Waals surface area contributed by atoms with Crippen LogP contribution in [0.5, 0.6) is 0 Å². The van der Waals surface area contributed by atoms with Gasteiger partial charge in [0.05, 0.1) is 4.90 Å². The van der Waals surface area contributed by atoms with Crippen LogP contribution in [0.15, 0.2) is 35.2 Å². The third-order valence-electron chi connectivity index (χ3n) is 1.30. The molecule has 1 aromatic rings. The average molecular weight is 240 g/mol. The molecule has 1 aromatic carbocycles. The second-order valence-electron chi connectivity index (χ2n) is 2.24. The van der Waals surface area contributed by atoms with E-state index in [0.29, 0.717) is 0 Å². The van der Waals surface area contributed by atoms with Crippen LogP contribution in [-0.4, -0.2) is 13.4 Å². The third-order valence-corrected chi connectivity index (χ3v) is 3.21. The average Bonchev–Trinajstić information content (AvgIpc) is 2.04. The van der Waals surface area contributed by atoms with Gasteiger partial charge >= 0.3 is 0 Å². The van der Waals surface area contributed by atoms with E-state index in [0.717, 1.165) is 0 Å². The van der Waals surface area contributed by atoms with Gasteiger partial charge in [-0.05, 0) is 12.1 Å². The molecule has 0 spiro atoms. The van der Waals surface area contributed by atoms with Crippen molar-refractivity contribution in [1.82, 2.24) is 4.72 Å². The van der Waals surface area contributed by atoms with E-state index in [4.69, 9.17) is 23.2 Å². The lowest BCUT2D eigenvalue weighted by atomic mass is 10.4. The van der Waals surface area contributed by atoms with Crippen LogP contribution < -0.4 is 4.72 Å². The summed E-state index contributed by atoms with van der Waals surface area (Å²) in [6, 6.07) is 7.87. The number of nitrogens with one attached hydrogen (secondary N) is 1. The summed E-state index contributed by atoms with van der Waals surface area (Å²) in [5.74, 6) is 0. The standard InChI is InChI=1S/C7H7Cl2NO2S/c8-7(9)10-13(11,12)6-4-2-1-3-5-6/h1-5,7,10H. The minimum absolute atomic E-state index is 0.140. The Kier molecular flexibility index (Phi) is 3.55. The summed E-state index contributed by atoms with van der Waals surface area (Å²) in [6.45, 7) is 0. The molecule has 0 radical (unpaired) electrons. The molecule has 0 aliphatic rings. The van der Waals surface area contributed by atoms with Gasteiger partial charge in [-0.2, -0.15) is 4.72 Å². The van der Waals surface area contributed by atoms with Crippen LogP contribution in [0.2, 0.25) is 0 Å². The number of sulfonamides is 1. The van der Waals surface area contributed by atoms with Gasteiger partial charge in [0.1, 0.15) is 0 Å². The number of rotatable bonds is 3. The molecule has 13 heavy (non-hydrogen) atoms. The molecule has 0 heterocycles. The van der Waals surface area contributed by atoms with Gasteiger partial charge in [-0.3, -0.25) is 0 Å². The van der Waals surface area contributed by atoms with Gasteiger partial charge in [0, 0.05) is 0 Å². The molecular formula is C7H7Cl2NO2S. The van der Waals surface area contributed by atoms with Crippen molar-refractivity contribution in [3.8, 4) is 0 Å². The lowest BCUT2D eigenvalue weighted by Gasteiger charge is -2.05. The topological polar surface area (TPSA) is 46.2 Å². The maximum absolute atomic E-state index is 11.4. The van der Waals surface area contributed by atoms with Crippen molar-refractivity contribution in [1.29, 1.82) is 0 Å². The van der Waals surface area contributed by atoms with Crippen molar-refractivity contribution in [2.24, 2.45) is 0 Å². The molecule has 0 aliphatic carbocycles. The summed E-state index contributed by atoms with van der Waals surface area (Å²) >= 11 is 10.6. The van der Waals surface area contributed by atoms with Crippen LogP contribution in [-0.2, 0) is 10.0 Å². The van der Waals surface area contributed by atoms with Gasteiger partial charge in [-0.25, -0.2) is 8.42 Å². The number of halogens is 2. The molecule has 0 aliphatic heterocycles. The zero-order chi connectivity index (χ0) is 9.90. The predicted molar refractivity (Wildman–Crippen MR) is 52.3 cm³/mol. The summed E-state index contributed by atoms with van der Waals surface area (Å²) in [6.07, 6.45) is 0. The van der Waals surface area contributed by atoms with Crippen LogP contribution in [0.3, 0.4) is 0 Å². The molecule has 0 bridgehead atoms. The molecule has 6 heteroatoms. The minimum Gasteiger partial charge on any atom is -0.207 e. The first-order valence-electron chi connectivity index (χ1n) is 3.38. The fourth-order valence-electron chi connectivity index (χ4n) is 0.785. The molecule has 0 unspecified atom stereocenters. The summed E-state index contributed by atoms with van der Waals surface area (Å²) in [7, 11) is -3.57. The molecule has 0 amide bonds. The maximum Gasteiger partial charge on any atom is 0.242 e. The van der Waals surface area contributed by atoms with E-state index in [-0.39, 0.29) is 4.90 Å². The lowest BCUT2D eigenvalue weighted by Crippen LogP contribution is -2.27. The van der Waals surface area contributed by atoms with Gasteiger partial charge in [0.25, 0.3) is 0 Å². The quantitative estimate of drug-likeness (QED) is 0.646. The zero-order valence-corrected chi connectivity index (χ0v) is 8.77. The zero-order valence-electron chi connectivity index (χ0n) is 6.44. The Balaban J connectivity index is 2.96. The van der Waals surface area contributed by atoms with Gasteiger partial charge < -0.3 is 0 Å². The largest absolute Gasteiger partial charge is 0.242 e. The van der Waals surface area contributed by atoms with Crippen LogP contribution in [0.4, 0.5) is 0 Å². The Hall–Kier alpha value is -0.290. The first kappa shape index (κ1) is 10.8. The van der Waals surface area contributed by atoms with Crippen LogP contribution in [0.1, 0.15) is 0 Å². The molecule has 0 saturated heterocycles. The Bertz CT molecular complexity index is 363. The molecule has 0 fully saturated rings. The number of hydrogen-bond acceptors (Lipinski definition) is 2. The molecule has 0 aromatic heterocycles. The van der Waals surface area contributed by atoms with Crippen molar-refractivity contribution in [2.45, 2.75) is 9.86 Å². The highest BCUT2D eigenvalue weighted by Gasteiger charge is 2.15. The second-order valence-corrected chi connectivity index (χ2v) is 5.05. The Morgan fingerprint density at radius 1 is 1.15 bits per heavy atom. The van der Waals surface area contributed by atoms with Crippen molar-refractivity contribution in [3.63, 3.8) is 0 Å². The van der Waals surface area contributed by atoms with Crippen molar-refractivity contribution in [3.05, 3.63) is 30.3 Å². The van der Waals surface area contributed by atoms with Crippen molar-refractivity contribution in [2.75, 3.05) is 0 Å². The van der Waals surface area contributed by atoms with E-state index in [1.807, 2.05) is 4.72 Å². The molecule has 0 saturated carbocycles. The third kappa shape index (κ3) is 3.15. The second kappa shape index (κ2) is 4.28. The highest BCUT2D eigenvalue weighted by molar-refractivity contribution is 7.89. The number of alkyl halides is 2. The van der Waals surface area contributed by atoms with Crippen LogP contribution in [0.25, 0.3) is 0 Å². The Morgan fingerprint density at radius 3 is 2.15 bits per heavy atom. The predicted octanol–water partition coefficient (Wildman–Crippen LogP) is 1.73. The summed E-state index contributed by atoms with van der Waals surface area (Å²) < 4.78 is 24.8.